The lowest BCUT2D eigenvalue weighted by Crippen LogP contribution is -2.37. The van der Waals surface area contributed by atoms with Crippen LogP contribution < -0.4 is 4.89 Å². The summed E-state index contributed by atoms with van der Waals surface area (Å²) in [6.07, 6.45) is 83.1. The lowest BCUT2D eigenvalue weighted by molar-refractivity contribution is -0.870. The molecule has 0 aromatic heterocycles. The molecule has 480 valence electrons. The van der Waals surface area contributed by atoms with Gasteiger partial charge in [-0.2, -0.15) is 0 Å². The van der Waals surface area contributed by atoms with E-state index in [1.54, 1.807) is 0 Å². The number of phosphoric acid groups is 1. The first-order valence-corrected chi connectivity index (χ1v) is 36.5. The van der Waals surface area contributed by atoms with Crippen LogP contribution in [0.4, 0.5) is 0 Å². The number of phosphoric ester groups is 1. The van der Waals surface area contributed by atoms with Gasteiger partial charge in [0.05, 0.1) is 27.7 Å². The van der Waals surface area contributed by atoms with E-state index in [2.05, 4.69) is 74.6 Å². The van der Waals surface area contributed by atoms with E-state index in [9.17, 15) is 19.0 Å². The minimum Gasteiger partial charge on any atom is -0.756 e. The monoisotopic (exact) mass is 1170 g/mol. The fourth-order valence-electron chi connectivity index (χ4n) is 10.2. The van der Waals surface area contributed by atoms with Gasteiger partial charge in [-0.1, -0.05) is 306 Å². The third kappa shape index (κ3) is 66.8. The van der Waals surface area contributed by atoms with Crippen molar-refractivity contribution in [3.05, 3.63) is 60.8 Å². The number of unbranched alkanes of at least 4 members (excludes halogenated alkanes) is 41. The van der Waals surface area contributed by atoms with Crippen LogP contribution >= 0.6 is 7.82 Å². The molecule has 0 aliphatic heterocycles. The maximum absolute atomic E-state index is 12.8. The lowest BCUT2D eigenvalue weighted by Gasteiger charge is -2.28. The first kappa shape index (κ1) is 79.7. The fraction of sp³-hybridized carbons (Fsp3) is 0.833. The molecule has 0 bridgehead atoms. The molecule has 9 nitrogen and oxygen atoms in total. The zero-order chi connectivity index (χ0) is 59.8. The topological polar surface area (TPSA) is 111 Å². The Hall–Kier alpha value is -2.29. The van der Waals surface area contributed by atoms with E-state index in [4.69, 9.17) is 18.5 Å². The Labute approximate surface area is 508 Å². The molecule has 2 atom stereocenters. The average molecular weight is 1170 g/mol. The molecule has 0 radical (unpaired) electrons. The van der Waals surface area contributed by atoms with Gasteiger partial charge in [-0.15, -0.1) is 0 Å². The summed E-state index contributed by atoms with van der Waals surface area (Å²) in [7, 11) is 1.17. The van der Waals surface area contributed by atoms with Crippen LogP contribution in [0.3, 0.4) is 0 Å². The first-order chi connectivity index (χ1) is 40.0. The number of rotatable bonds is 65. The van der Waals surface area contributed by atoms with Crippen molar-refractivity contribution in [2.24, 2.45) is 0 Å². The van der Waals surface area contributed by atoms with Crippen LogP contribution in [0.2, 0.25) is 0 Å². The number of hydrogen-bond acceptors (Lipinski definition) is 8. The molecular weight excluding hydrogens is 1040 g/mol. The van der Waals surface area contributed by atoms with Crippen LogP contribution in [0, 0.1) is 0 Å². The predicted molar refractivity (Wildman–Crippen MR) is 351 cm³/mol. The molecule has 2 unspecified atom stereocenters. The van der Waals surface area contributed by atoms with E-state index >= 15 is 0 Å². The summed E-state index contributed by atoms with van der Waals surface area (Å²) in [4.78, 5) is 38.0. The van der Waals surface area contributed by atoms with Gasteiger partial charge in [-0.05, 0) is 77.0 Å². The number of carbonyl (C=O) groups is 2. The number of esters is 2. The Bertz CT molecular complexity index is 1570. The highest BCUT2D eigenvalue weighted by atomic mass is 31.2. The van der Waals surface area contributed by atoms with Gasteiger partial charge in [0.25, 0.3) is 7.82 Å². The molecule has 0 aliphatic rings. The summed E-state index contributed by atoms with van der Waals surface area (Å²) in [6.45, 7) is 4.17. The zero-order valence-electron chi connectivity index (χ0n) is 54.7. The van der Waals surface area contributed by atoms with Gasteiger partial charge in [-0.3, -0.25) is 14.2 Å². The first-order valence-electron chi connectivity index (χ1n) is 35.0. The highest BCUT2D eigenvalue weighted by Crippen LogP contribution is 2.38. The minimum absolute atomic E-state index is 0.0318. The lowest BCUT2D eigenvalue weighted by atomic mass is 10.0. The number of quaternary nitrogens is 1. The van der Waals surface area contributed by atoms with Crippen LogP contribution in [0.15, 0.2) is 60.8 Å². The van der Waals surface area contributed by atoms with E-state index in [1.807, 2.05) is 21.1 Å². The standard InChI is InChI=1S/C72H134NO8P/c1-6-8-10-12-14-16-18-20-22-24-26-28-30-31-32-33-34-35-36-37-38-39-40-41-43-44-46-48-50-52-54-56-58-60-62-64-71(74)78-68-70(69-80-82(76,77)79-67-66-73(3,4)5)81-72(75)65-63-61-59-57-55-53-51-49-47-45-42-29-27-25-23-21-19-17-15-13-11-9-7-2/h9,11,15,17,21,23-24,26-27,29,70H,6-8,10,12-14,16,18-20,22,25,28,30-69H2,1-5H3/b11-9-,17-15-,23-21-,26-24-,29-27-. The molecule has 0 aromatic rings. The second kappa shape index (κ2) is 63.2. The average Bonchev–Trinajstić information content (AvgIpc) is 3.46. The number of carbonyl (C=O) groups excluding carboxylic acids is 2. The maximum Gasteiger partial charge on any atom is 0.306 e. The van der Waals surface area contributed by atoms with Gasteiger partial charge in [0.1, 0.15) is 19.8 Å². The van der Waals surface area contributed by atoms with E-state index in [0.29, 0.717) is 17.4 Å². The van der Waals surface area contributed by atoms with Crippen molar-refractivity contribution >= 4 is 19.8 Å². The third-order valence-electron chi connectivity index (χ3n) is 15.5. The molecule has 0 aromatic carbocycles. The molecule has 0 saturated heterocycles. The molecule has 0 fully saturated rings. The van der Waals surface area contributed by atoms with Gasteiger partial charge in [0.2, 0.25) is 0 Å². The molecule has 0 aliphatic carbocycles. The molecule has 0 saturated carbocycles. The van der Waals surface area contributed by atoms with E-state index in [1.165, 1.54) is 231 Å². The number of likely N-dealkylation sites (N-methyl/N-ethyl adjacent to an activating group) is 1. The number of nitrogens with zero attached hydrogens (tertiary/aromatic N) is 1. The normalized spacial score (nSPS) is 13.5. The summed E-state index contributed by atoms with van der Waals surface area (Å²) in [5, 5.41) is 0. The maximum atomic E-state index is 12.8. The van der Waals surface area contributed by atoms with Crippen molar-refractivity contribution in [2.45, 2.75) is 341 Å². The summed E-state index contributed by atoms with van der Waals surface area (Å²) in [5.74, 6) is -0.825. The smallest absolute Gasteiger partial charge is 0.306 e. The van der Waals surface area contributed by atoms with Crippen molar-refractivity contribution in [1.29, 1.82) is 0 Å². The van der Waals surface area contributed by atoms with Gasteiger partial charge >= 0.3 is 11.9 Å². The summed E-state index contributed by atoms with van der Waals surface area (Å²) >= 11 is 0. The molecule has 0 spiro atoms. The van der Waals surface area contributed by atoms with Crippen LogP contribution in [0.1, 0.15) is 335 Å². The highest BCUT2D eigenvalue weighted by molar-refractivity contribution is 7.45. The van der Waals surface area contributed by atoms with Crippen LogP contribution in [0.5, 0.6) is 0 Å². The molecule has 0 N–H and O–H groups in total. The van der Waals surface area contributed by atoms with Gasteiger partial charge < -0.3 is 27.9 Å². The highest BCUT2D eigenvalue weighted by Gasteiger charge is 2.22. The van der Waals surface area contributed by atoms with Crippen molar-refractivity contribution in [1.82, 2.24) is 0 Å². The molecule has 82 heavy (non-hydrogen) atoms. The second-order valence-corrected chi connectivity index (χ2v) is 26.3. The number of allylic oxidation sites excluding steroid dienone is 10. The van der Waals surface area contributed by atoms with Crippen molar-refractivity contribution in [3.63, 3.8) is 0 Å². The Kier molecular flexibility index (Phi) is 61.5. The predicted octanol–water partition coefficient (Wildman–Crippen LogP) is 22.0. The summed E-state index contributed by atoms with van der Waals surface area (Å²) in [6, 6.07) is 0. The second-order valence-electron chi connectivity index (χ2n) is 24.9. The summed E-state index contributed by atoms with van der Waals surface area (Å²) in [5.41, 5.74) is 0. The third-order valence-corrected chi connectivity index (χ3v) is 16.5. The van der Waals surface area contributed by atoms with Gasteiger partial charge in [0, 0.05) is 12.8 Å². The Morgan fingerprint density at radius 1 is 0.390 bits per heavy atom. The minimum atomic E-state index is -4.64. The van der Waals surface area contributed by atoms with E-state index < -0.39 is 26.5 Å². The van der Waals surface area contributed by atoms with Crippen molar-refractivity contribution < 1.29 is 42.1 Å². The Morgan fingerprint density at radius 3 is 1.05 bits per heavy atom. The molecule has 0 amide bonds. The van der Waals surface area contributed by atoms with Gasteiger partial charge in [-0.25, -0.2) is 0 Å². The zero-order valence-corrected chi connectivity index (χ0v) is 55.6. The van der Waals surface area contributed by atoms with Crippen LogP contribution in [0.25, 0.3) is 0 Å². The van der Waals surface area contributed by atoms with Crippen molar-refractivity contribution in [3.8, 4) is 0 Å². The van der Waals surface area contributed by atoms with Crippen LogP contribution in [-0.2, 0) is 32.7 Å². The van der Waals surface area contributed by atoms with Crippen molar-refractivity contribution in [2.75, 3.05) is 47.5 Å². The van der Waals surface area contributed by atoms with E-state index in [0.717, 1.165) is 70.6 Å². The SMILES string of the molecule is CC/C=C\C/C=C\C/C=C\C/C=C\CCCCCCCCCCCCC(=O)OC(COC(=O)CCCCCCCCCCCCCCCCCCCCCCCCC/C=C\CCCCCCCCCC)COP(=O)([O-])OCC[N+](C)(C)C. The fourth-order valence-corrected chi connectivity index (χ4v) is 10.9. The molecular formula is C72H134NO8P. The largest absolute Gasteiger partial charge is 0.756 e. The van der Waals surface area contributed by atoms with Crippen LogP contribution in [-0.4, -0.2) is 70.0 Å². The number of hydrogen-bond donors (Lipinski definition) is 0. The Morgan fingerprint density at radius 2 is 0.695 bits per heavy atom. The van der Waals surface area contributed by atoms with E-state index in [-0.39, 0.29) is 32.0 Å². The molecule has 10 heteroatoms. The quantitative estimate of drug-likeness (QED) is 0.0195. The molecule has 0 rings (SSSR count). The molecule has 0 heterocycles. The summed E-state index contributed by atoms with van der Waals surface area (Å²) < 4.78 is 34.3. The Balaban J connectivity index is 3.97. The van der Waals surface area contributed by atoms with Gasteiger partial charge in [0.15, 0.2) is 6.10 Å². The number of ether oxygens (including phenoxy) is 2.